The van der Waals surface area contributed by atoms with Crippen molar-refractivity contribution in [3.05, 3.63) is 64.7 Å². The highest BCUT2D eigenvalue weighted by Gasteiger charge is 2.13. The molecule has 0 spiro atoms. The van der Waals surface area contributed by atoms with Gasteiger partial charge in [-0.1, -0.05) is 39.3 Å². The molecule has 0 aliphatic rings. The van der Waals surface area contributed by atoms with Crippen molar-refractivity contribution in [3.8, 4) is 11.4 Å². The van der Waals surface area contributed by atoms with Gasteiger partial charge in [0.2, 0.25) is 17.6 Å². The number of aryl methyl sites for hydroxylation is 1. The van der Waals surface area contributed by atoms with Gasteiger partial charge < -0.3 is 9.84 Å². The highest BCUT2D eigenvalue weighted by atomic mass is 79.9. The fraction of sp³-hybridized carbons (Fsp3) is 0.118. The Morgan fingerprint density at radius 1 is 1.21 bits per heavy atom. The number of carbonyl (C=O) groups is 1. The van der Waals surface area contributed by atoms with Crippen LogP contribution < -0.4 is 5.32 Å². The van der Waals surface area contributed by atoms with Crippen molar-refractivity contribution in [3.63, 3.8) is 0 Å². The molecule has 0 saturated heterocycles. The summed E-state index contributed by atoms with van der Waals surface area (Å²) in [7, 11) is 0. The van der Waals surface area contributed by atoms with E-state index >= 15 is 0 Å². The predicted molar refractivity (Wildman–Crippen MR) is 90.8 cm³/mol. The monoisotopic (exact) mass is 389 g/mol. The van der Waals surface area contributed by atoms with Gasteiger partial charge in [-0.2, -0.15) is 4.98 Å². The number of halogens is 2. The number of benzene rings is 2. The first-order valence-corrected chi connectivity index (χ1v) is 8.04. The number of anilines is 1. The normalized spacial score (nSPS) is 10.6. The molecule has 1 amide bonds. The standard InChI is InChI=1S/C17H13BrFN3O2/c18-11-4-3-5-12(10-11)20-15(23)8-9-16-21-17(22-24-16)13-6-1-2-7-14(13)19/h1-7,10H,8-9H2,(H,20,23). The molecule has 0 atom stereocenters. The zero-order chi connectivity index (χ0) is 16.9. The summed E-state index contributed by atoms with van der Waals surface area (Å²) in [6.45, 7) is 0. The summed E-state index contributed by atoms with van der Waals surface area (Å²) < 4.78 is 19.6. The lowest BCUT2D eigenvalue weighted by Crippen LogP contribution is -2.12. The van der Waals surface area contributed by atoms with Crippen LogP contribution in [0.25, 0.3) is 11.4 Å². The number of nitrogens with one attached hydrogen (secondary N) is 1. The first kappa shape index (κ1) is 16.3. The molecule has 1 heterocycles. The fourth-order valence-corrected chi connectivity index (χ4v) is 2.52. The number of nitrogens with zero attached hydrogens (tertiary/aromatic N) is 2. The first-order chi connectivity index (χ1) is 11.6. The Morgan fingerprint density at radius 3 is 2.83 bits per heavy atom. The van der Waals surface area contributed by atoms with Gasteiger partial charge in [-0.05, 0) is 30.3 Å². The number of amides is 1. The van der Waals surface area contributed by atoms with E-state index in [0.717, 1.165) is 4.47 Å². The zero-order valence-electron chi connectivity index (χ0n) is 12.5. The molecule has 3 rings (SSSR count). The van der Waals surface area contributed by atoms with Crippen LogP contribution in [-0.2, 0) is 11.2 Å². The summed E-state index contributed by atoms with van der Waals surface area (Å²) >= 11 is 3.34. The van der Waals surface area contributed by atoms with Crippen LogP contribution in [0.1, 0.15) is 12.3 Å². The average Bonchev–Trinajstić information content (AvgIpc) is 3.02. The summed E-state index contributed by atoms with van der Waals surface area (Å²) in [6, 6.07) is 13.5. The van der Waals surface area contributed by atoms with Crippen molar-refractivity contribution >= 4 is 27.5 Å². The van der Waals surface area contributed by atoms with Crippen LogP contribution in [0.15, 0.2) is 57.5 Å². The fourth-order valence-electron chi connectivity index (χ4n) is 2.12. The van der Waals surface area contributed by atoms with Crippen LogP contribution in [0, 0.1) is 5.82 Å². The van der Waals surface area contributed by atoms with Gasteiger partial charge in [-0.25, -0.2) is 4.39 Å². The van der Waals surface area contributed by atoms with Gasteiger partial charge >= 0.3 is 0 Å². The minimum Gasteiger partial charge on any atom is -0.339 e. The third-order valence-corrected chi connectivity index (χ3v) is 3.75. The molecule has 2 aromatic carbocycles. The quantitative estimate of drug-likeness (QED) is 0.709. The van der Waals surface area contributed by atoms with Crippen molar-refractivity contribution in [2.75, 3.05) is 5.32 Å². The van der Waals surface area contributed by atoms with Crippen LogP contribution in [0.2, 0.25) is 0 Å². The van der Waals surface area contributed by atoms with Crippen LogP contribution in [0.4, 0.5) is 10.1 Å². The Hall–Kier alpha value is -2.54. The number of carbonyl (C=O) groups excluding carboxylic acids is 1. The molecular weight excluding hydrogens is 377 g/mol. The third kappa shape index (κ3) is 4.05. The Balaban J connectivity index is 1.59. The number of aromatic nitrogens is 2. The second kappa shape index (κ2) is 7.35. The SMILES string of the molecule is O=C(CCc1nc(-c2ccccc2F)no1)Nc1cccc(Br)c1. The number of rotatable bonds is 5. The van der Waals surface area contributed by atoms with E-state index in [1.807, 2.05) is 12.1 Å². The minimum absolute atomic E-state index is 0.168. The zero-order valence-corrected chi connectivity index (χ0v) is 14.1. The van der Waals surface area contributed by atoms with Crippen LogP contribution in [-0.4, -0.2) is 16.0 Å². The maximum atomic E-state index is 13.7. The molecule has 0 aliphatic carbocycles. The second-order valence-electron chi connectivity index (χ2n) is 5.05. The Morgan fingerprint density at radius 2 is 2.04 bits per heavy atom. The number of hydrogen-bond acceptors (Lipinski definition) is 4. The van der Waals surface area contributed by atoms with E-state index in [9.17, 15) is 9.18 Å². The topological polar surface area (TPSA) is 68.0 Å². The molecule has 1 aromatic heterocycles. The first-order valence-electron chi connectivity index (χ1n) is 7.25. The summed E-state index contributed by atoms with van der Waals surface area (Å²) in [5, 5.41) is 6.54. The molecule has 5 nitrogen and oxygen atoms in total. The lowest BCUT2D eigenvalue weighted by Gasteiger charge is -2.04. The van der Waals surface area contributed by atoms with E-state index in [2.05, 4.69) is 31.4 Å². The van der Waals surface area contributed by atoms with Crippen LogP contribution in [0.5, 0.6) is 0 Å². The second-order valence-corrected chi connectivity index (χ2v) is 5.97. The molecule has 0 fully saturated rings. The maximum absolute atomic E-state index is 13.7. The lowest BCUT2D eigenvalue weighted by atomic mass is 10.2. The summed E-state index contributed by atoms with van der Waals surface area (Å²) in [6.07, 6.45) is 0.465. The van der Waals surface area contributed by atoms with E-state index in [4.69, 9.17) is 4.52 Å². The van der Waals surface area contributed by atoms with E-state index in [1.165, 1.54) is 6.07 Å². The third-order valence-electron chi connectivity index (χ3n) is 3.26. The van der Waals surface area contributed by atoms with Crippen molar-refractivity contribution in [1.82, 2.24) is 10.1 Å². The highest BCUT2D eigenvalue weighted by molar-refractivity contribution is 9.10. The van der Waals surface area contributed by atoms with Gasteiger partial charge in [0, 0.05) is 23.0 Å². The molecule has 1 N–H and O–H groups in total. The van der Waals surface area contributed by atoms with Gasteiger partial charge in [0.05, 0.1) is 5.56 Å². The van der Waals surface area contributed by atoms with Crippen LogP contribution in [0.3, 0.4) is 0 Å². The Kier molecular flexibility index (Phi) is 5.00. The Labute approximate surface area is 146 Å². The van der Waals surface area contributed by atoms with E-state index < -0.39 is 5.82 Å². The molecule has 24 heavy (non-hydrogen) atoms. The average molecular weight is 390 g/mol. The van der Waals surface area contributed by atoms with Gasteiger partial charge in [-0.3, -0.25) is 4.79 Å². The van der Waals surface area contributed by atoms with Gasteiger partial charge in [0.15, 0.2) is 0 Å². The minimum atomic E-state index is -0.419. The molecule has 3 aromatic rings. The highest BCUT2D eigenvalue weighted by Crippen LogP contribution is 2.20. The Bertz CT molecular complexity index is 866. The lowest BCUT2D eigenvalue weighted by molar-refractivity contribution is -0.116. The molecule has 0 unspecified atom stereocenters. The molecule has 0 aliphatic heterocycles. The maximum Gasteiger partial charge on any atom is 0.227 e. The van der Waals surface area contributed by atoms with E-state index in [1.54, 1.807) is 30.3 Å². The van der Waals surface area contributed by atoms with Crippen molar-refractivity contribution < 1.29 is 13.7 Å². The largest absolute Gasteiger partial charge is 0.339 e. The number of hydrogen-bond donors (Lipinski definition) is 1. The van der Waals surface area contributed by atoms with Crippen LogP contribution >= 0.6 is 15.9 Å². The van der Waals surface area contributed by atoms with Crippen molar-refractivity contribution in [2.24, 2.45) is 0 Å². The molecule has 7 heteroatoms. The summed E-state index contributed by atoms with van der Waals surface area (Å²) in [5.74, 6) is -0.121. The van der Waals surface area contributed by atoms with E-state index in [-0.39, 0.29) is 36.0 Å². The smallest absolute Gasteiger partial charge is 0.227 e. The molecule has 122 valence electrons. The predicted octanol–water partition coefficient (Wildman–Crippen LogP) is 4.21. The molecular formula is C17H13BrFN3O2. The molecule has 0 radical (unpaired) electrons. The van der Waals surface area contributed by atoms with E-state index in [0.29, 0.717) is 5.69 Å². The molecule has 0 bridgehead atoms. The van der Waals surface area contributed by atoms with Crippen molar-refractivity contribution in [2.45, 2.75) is 12.8 Å². The van der Waals surface area contributed by atoms with Crippen molar-refractivity contribution in [1.29, 1.82) is 0 Å². The van der Waals surface area contributed by atoms with Gasteiger partial charge in [-0.15, -0.1) is 0 Å². The summed E-state index contributed by atoms with van der Waals surface area (Å²) in [5.41, 5.74) is 0.970. The van der Waals surface area contributed by atoms with Gasteiger partial charge in [0.25, 0.3) is 0 Å². The molecule has 0 saturated carbocycles. The van der Waals surface area contributed by atoms with Gasteiger partial charge in [0.1, 0.15) is 5.82 Å². The summed E-state index contributed by atoms with van der Waals surface area (Å²) in [4.78, 5) is 16.1.